The number of hydrogen-bond donors (Lipinski definition) is 0. The van der Waals surface area contributed by atoms with E-state index in [9.17, 15) is 4.79 Å². The average Bonchev–Trinajstić information content (AvgIpc) is 2.27. The lowest BCUT2D eigenvalue weighted by Gasteiger charge is -2.24. The van der Waals surface area contributed by atoms with Crippen molar-refractivity contribution in [1.29, 1.82) is 0 Å². The van der Waals surface area contributed by atoms with E-state index < -0.39 is 0 Å². The number of esters is 1. The molecule has 0 aliphatic carbocycles. The van der Waals surface area contributed by atoms with Gasteiger partial charge < -0.3 is 4.74 Å². The number of carbonyl (C=O) groups is 1. The predicted molar refractivity (Wildman–Crippen MR) is 57.6 cm³/mol. The van der Waals surface area contributed by atoms with Crippen molar-refractivity contribution in [2.24, 2.45) is 0 Å². The fourth-order valence-electron chi connectivity index (χ4n) is 1.89. The molecule has 0 spiro atoms. The summed E-state index contributed by atoms with van der Waals surface area (Å²) in [5.41, 5.74) is 1.06. The third kappa shape index (κ3) is 1.30. The first-order valence-electron chi connectivity index (χ1n) is 5.00. The van der Waals surface area contributed by atoms with Crippen molar-refractivity contribution < 1.29 is 9.53 Å². The van der Waals surface area contributed by atoms with Crippen LogP contribution in [-0.2, 0) is 9.53 Å². The molecule has 74 valence electrons. The molecule has 1 fully saturated rings. The Labute approximate surface area is 87.5 Å². The zero-order chi connectivity index (χ0) is 10.3. The van der Waals surface area contributed by atoms with Crippen LogP contribution in [0.5, 0.6) is 0 Å². The number of fused-ring (bicyclic) bond motifs is 1. The van der Waals surface area contributed by atoms with Crippen molar-refractivity contribution in [3.8, 4) is 0 Å². The van der Waals surface area contributed by atoms with Gasteiger partial charge in [-0.15, -0.1) is 0 Å². The van der Waals surface area contributed by atoms with Crippen molar-refractivity contribution >= 4 is 16.7 Å². The highest BCUT2D eigenvalue weighted by Gasteiger charge is 2.32. The van der Waals surface area contributed by atoms with Crippen molar-refractivity contribution in [1.82, 2.24) is 0 Å². The van der Waals surface area contributed by atoms with E-state index >= 15 is 0 Å². The average molecular weight is 198 g/mol. The van der Waals surface area contributed by atoms with Crippen LogP contribution in [0, 0.1) is 0 Å². The molecule has 15 heavy (non-hydrogen) atoms. The minimum absolute atomic E-state index is 0.0467. The van der Waals surface area contributed by atoms with Gasteiger partial charge in [0.15, 0.2) is 0 Å². The van der Waals surface area contributed by atoms with E-state index in [1.165, 1.54) is 10.8 Å². The van der Waals surface area contributed by atoms with Crippen molar-refractivity contribution in [2.75, 3.05) is 6.61 Å². The Morgan fingerprint density at radius 2 is 1.87 bits per heavy atom. The van der Waals surface area contributed by atoms with Crippen LogP contribution in [0.1, 0.15) is 11.5 Å². The molecular formula is C13H10O2. The third-order valence-electron chi connectivity index (χ3n) is 2.85. The standard InChI is InChI=1S/C13H10O2/c14-13-12(8-15-13)11-6-5-9-3-1-2-4-10(9)7-11/h1-7,12H,8H2. The molecule has 2 aromatic rings. The van der Waals surface area contributed by atoms with Gasteiger partial charge in [0.05, 0.1) is 0 Å². The van der Waals surface area contributed by atoms with E-state index in [4.69, 9.17) is 4.74 Å². The van der Waals surface area contributed by atoms with E-state index in [-0.39, 0.29) is 11.9 Å². The van der Waals surface area contributed by atoms with Gasteiger partial charge in [0.25, 0.3) is 0 Å². The van der Waals surface area contributed by atoms with E-state index in [0.29, 0.717) is 6.61 Å². The van der Waals surface area contributed by atoms with Crippen molar-refractivity contribution in [3.63, 3.8) is 0 Å². The van der Waals surface area contributed by atoms with Gasteiger partial charge in [-0.25, -0.2) is 0 Å². The maximum atomic E-state index is 11.1. The summed E-state index contributed by atoms with van der Waals surface area (Å²) in [6.45, 7) is 0.525. The highest BCUT2D eigenvalue weighted by atomic mass is 16.6. The number of hydrogen-bond acceptors (Lipinski definition) is 2. The van der Waals surface area contributed by atoms with Gasteiger partial charge in [-0.2, -0.15) is 0 Å². The summed E-state index contributed by atoms with van der Waals surface area (Å²) in [4.78, 5) is 11.1. The summed E-state index contributed by atoms with van der Waals surface area (Å²) in [6, 6.07) is 14.3. The fourth-order valence-corrected chi connectivity index (χ4v) is 1.89. The second-order valence-electron chi connectivity index (χ2n) is 3.79. The smallest absolute Gasteiger partial charge is 0.316 e. The van der Waals surface area contributed by atoms with Gasteiger partial charge in [-0.3, -0.25) is 4.79 Å². The van der Waals surface area contributed by atoms with E-state index in [1.54, 1.807) is 0 Å². The molecule has 0 N–H and O–H groups in total. The van der Waals surface area contributed by atoms with Gasteiger partial charge in [-0.1, -0.05) is 42.5 Å². The monoisotopic (exact) mass is 198 g/mol. The molecule has 2 heteroatoms. The minimum atomic E-state index is -0.106. The predicted octanol–water partition coefficient (Wildman–Crippen LogP) is 2.48. The second kappa shape index (κ2) is 3.09. The Kier molecular flexibility index (Phi) is 1.75. The molecule has 1 aliphatic heterocycles. The first-order valence-corrected chi connectivity index (χ1v) is 5.00. The minimum Gasteiger partial charge on any atom is -0.464 e. The molecule has 1 unspecified atom stereocenters. The quantitative estimate of drug-likeness (QED) is 0.658. The molecule has 0 aromatic heterocycles. The Bertz CT molecular complexity index is 531. The maximum Gasteiger partial charge on any atom is 0.316 e. The van der Waals surface area contributed by atoms with Crippen LogP contribution in [0.25, 0.3) is 10.8 Å². The topological polar surface area (TPSA) is 26.3 Å². The van der Waals surface area contributed by atoms with Crippen LogP contribution < -0.4 is 0 Å². The Morgan fingerprint density at radius 1 is 1.07 bits per heavy atom. The normalized spacial score (nSPS) is 19.7. The molecule has 0 saturated carbocycles. The highest BCUT2D eigenvalue weighted by Crippen LogP contribution is 2.28. The Hall–Kier alpha value is -1.83. The van der Waals surface area contributed by atoms with Crippen molar-refractivity contribution in [2.45, 2.75) is 5.92 Å². The summed E-state index contributed by atoms with van der Waals surface area (Å²) in [5.74, 6) is -0.153. The number of carbonyl (C=O) groups excluding carboxylic acids is 1. The van der Waals surface area contributed by atoms with Crippen LogP contribution in [0.2, 0.25) is 0 Å². The molecule has 1 saturated heterocycles. The largest absolute Gasteiger partial charge is 0.464 e. The summed E-state index contributed by atoms with van der Waals surface area (Å²) >= 11 is 0. The molecule has 2 aromatic carbocycles. The number of cyclic esters (lactones) is 1. The second-order valence-corrected chi connectivity index (χ2v) is 3.79. The zero-order valence-corrected chi connectivity index (χ0v) is 8.14. The van der Waals surface area contributed by atoms with Gasteiger partial charge >= 0.3 is 5.97 Å². The van der Waals surface area contributed by atoms with Crippen LogP contribution in [0.4, 0.5) is 0 Å². The van der Waals surface area contributed by atoms with E-state index in [2.05, 4.69) is 24.3 Å². The molecule has 1 heterocycles. The number of ether oxygens (including phenoxy) is 1. The molecule has 1 atom stereocenters. The number of rotatable bonds is 1. The molecule has 2 nitrogen and oxygen atoms in total. The van der Waals surface area contributed by atoms with Crippen LogP contribution in [0.3, 0.4) is 0 Å². The Balaban J connectivity index is 2.10. The first kappa shape index (κ1) is 8.48. The maximum absolute atomic E-state index is 11.1. The molecular weight excluding hydrogens is 188 g/mol. The summed E-state index contributed by atoms with van der Waals surface area (Å²) < 4.78 is 4.77. The van der Waals surface area contributed by atoms with Gasteiger partial charge in [0.2, 0.25) is 0 Å². The summed E-state index contributed by atoms with van der Waals surface area (Å²) in [5, 5.41) is 2.38. The van der Waals surface area contributed by atoms with Crippen molar-refractivity contribution in [3.05, 3.63) is 48.0 Å². The zero-order valence-electron chi connectivity index (χ0n) is 8.14. The lowest BCUT2D eigenvalue weighted by atomic mass is 9.94. The van der Waals surface area contributed by atoms with E-state index in [1.807, 2.05) is 18.2 Å². The molecule has 0 amide bonds. The van der Waals surface area contributed by atoms with Gasteiger partial charge in [-0.05, 0) is 16.3 Å². The highest BCUT2D eigenvalue weighted by molar-refractivity contribution is 5.87. The number of benzene rings is 2. The molecule has 0 bridgehead atoms. The van der Waals surface area contributed by atoms with E-state index in [0.717, 1.165) is 5.56 Å². The van der Waals surface area contributed by atoms with Crippen LogP contribution in [-0.4, -0.2) is 12.6 Å². The lowest BCUT2D eigenvalue weighted by molar-refractivity contribution is -0.161. The molecule has 0 radical (unpaired) electrons. The van der Waals surface area contributed by atoms with Gasteiger partial charge in [0, 0.05) is 0 Å². The first-order chi connectivity index (χ1) is 7.34. The lowest BCUT2D eigenvalue weighted by Crippen LogP contribution is -2.32. The summed E-state index contributed by atoms with van der Waals surface area (Å²) in [6.07, 6.45) is 0. The van der Waals surface area contributed by atoms with Crippen LogP contribution >= 0.6 is 0 Å². The van der Waals surface area contributed by atoms with Crippen LogP contribution in [0.15, 0.2) is 42.5 Å². The third-order valence-corrected chi connectivity index (χ3v) is 2.85. The molecule has 1 aliphatic rings. The molecule has 3 rings (SSSR count). The van der Waals surface area contributed by atoms with Gasteiger partial charge in [0.1, 0.15) is 12.5 Å². The Morgan fingerprint density at radius 3 is 2.53 bits per heavy atom. The SMILES string of the molecule is O=C1OCC1c1ccc2ccccc2c1. The summed E-state index contributed by atoms with van der Waals surface area (Å²) in [7, 11) is 0. The fraction of sp³-hybridized carbons (Fsp3) is 0.154.